The number of amides is 1. The highest BCUT2D eigenvalue weighted by atomic mass is 19.4. The zero-order valence-corrected chi connectivity index (χ0v) is 17.1. The number of hydrogen-bond acceptors (Lipinski definition) is 7. The quantitative estimate of drug-likeness (QED) is 0.721. The van der Waals surface area contributed by atoms with Crippen LogP contribution in [0.3, 0.4) is 0 Å². The molecule has 0 aliphatic heterocycles. The van der Waals surface area contributed by atoms with Gasteiger partial charge < -0.3 is 20.3 Å². The molecule has 3 rings (SSSR count). The van der Waals surface area contributed by atoms with Crippen molar-refractivity contribution in [2.45, 2.75) is 64.8 Å². The number of nitrogen functional groups attached to an aromatic ring is 1. The third-order valence-corrected chi connectivity index (χ3v) is 4.77. The highest BCUT2D eigenvalue weighted by Crippen LogP contribution is 2.45. The van der Waals surface area contributed by atoms with Gasteiger partial charge in [-0.1, -0.05) is 25.9 Å². The van der Waals surface area contributed by atoms with Gasteiger partial charge in [0.1, 0.15) is 11.4 Å². The lowest BCUT2D eigenvalue weighted by molar-refractivity contribution is -0.189. The van der Waals surface area contributed by atoms with Gasteiger partial charge in [-0.2, -0.15) is 18.2 Å². The van der Waals surface area contributed by atoms with Gasteiger partial charge >= 0.3 is 12.2 Å². The second-order valence-electron chi connectivity index (χ2n) is 8.45. The topological polar surface area (TPSA) is 116 Å². The van der Waals surface area contributed by atoms with E-state index in [9.17, 15) is 18.0 Å². The first kappa shape index (κ1) is 21.8. The number of carbonyl (C=O) groups excluding carboxylic acids is 1. The lowest BCUT2D eigenvalue weighted by Gasteiger charge is -2.28. The van der Waals surface area contributed by atoms with Gasteiger partial charge in [-0.3, -0.25) is 9.78 Å². The van der Waals surface area contributed by atoms with Crippen LogP contribution in [0.1, 0.15) is 74.4 Å². The number of hydrogen-bond donors (Lipinski definition) is 2. The molecular weight excluding hydrogens is 403 g/mol. The summed E-state index contributed by atoms with van der Waals surface area (Å²) in [6, 6.07) is 0.432. The van der Waals surface area contributed by atoms with Crippen LogP contribution in [0.25, 0.3) is 0 Å². The Hall–Kier alpha value is -2.85. The molecule has 1 saturated carbocycles. The predicted octanol–water partition coefficient (Wildman–Crippen LogP) is 3.77. The van der Waals surface area contributed by atoms with E-state index in [1.807, 2.05) is 20.8 Å². The van der Waals surface area contributed by atoms with Crippen LogP contribution in [-0.4, -0.2) is 33.3 Å². The minimum atomic E-state index is -4.53. The van der Waals surface area contributed by atoms with E-state index >= 15 is 0 Å². The number of halogens is 3. The van der Waals surface area contributed by atoms with Gasteiger partial charge in [0.25, 0.3) is 5.91 Å². The van der Waals surface area contributed by atoms with Gasteiger partial charge in [-0.25, -0.2) is 0 Å². The summed E-state index contributed by atoms with van der Waals surface area (Å²) in [6.07, 6.45) is -3.45. The van der Waals surface area contributed by atoms with Crippen molar-refractivity contribution in [2.75, 3.05) is 5.73 Å². The molecule has 0 bridgehead atoms. The Labute approximate surface area is 171 Å². The molecule has 0 radical (unpaired) electrons. The molecule has 0 aromatic carbocycles. The molecule has 1 unspecified atom stereocenters. The zero-order chi connectivity index (χ0) is 22.3. The second-order valence-corrected chi connectivity index (χ2v) is 8.45. The van der Waals surface area contributed by atoms with Crippen molar-refractivity contribution < 1.29 is 27.2 Å². The van der Waals surface area contributed by atoms with Crippen LogP contribution in [0.15, 0.2) is 16.8 Å². The normalized spacial score (nSPS) is 16.8. The van der Waals surface area contributed by atoms with E-state index in [2.05, 4.69) is 20.4 Å². The summed E-state index contributed by atoms with van der Waals surface area (Å²) in [7, 11) is 0. The molecule has 164 valence electrons. The van der Waals surface area contributed by atoms with Gasteiger partial charge in [0.05, 0.1) is 6.04 Å². The summed E-state index contributed by atoms with van der Waals surface area (Å²) in [6.45, 7) is 6.49. The minimum absolute atomic E-state index is 0.0126. The molecule has 2 heterocycles. The number of nitrogens with one attached hydrogen (secondary N) is 1. The van der Waals surface area contributed by atoms with Crippen LogP contribution in [0.2, 0.25) is 0 Å². The molecule has 2 aromatic heterocycles. The molecule has 1 amide bonds. The summed E-state index contributed by atoms with van der Waals surface area (Å²) >= 11 is 0. The molecule has 2 atom stereocenters. The fraction of sp³-hybridized carbons (Fsp3) is 0.579. The molecule has 2 aromatic rings. The minimum Gasteiger partial charge on any atom is -0.481 e. The third kappa shape index (κ3) is 5.00. The molecule has 3 N–H and O–H groups in total. The molecule has 30 heavy (non-hydrogen) atoms. The third-order valence-electron chi connectivity index (χ3n) is 4.77. The van der Waals surface area contributed by atoms with Crippen LogP contribution in [0, 0.1) is 5.41 Å². The van der Waals surface area contributed by atoms with Crippen molar-refractivity contribution in [3.8, 4) is 5.75 Å². The standard InChI is InChI=1S/C19H24F3N5O3/c1-9(19(20,21)22)29-13-7-12(24-8-11(13)10-5-6-10)16(28)25-14(18(2,3)4)15-26-17(23)30-27-15/h7-10,14H,5-6H2,1-4H3,(H,25,28)(H2,23,26,27)/t9-,14?/m0/s1. The molecule has 1 aliphatic carbocycles. The number of alkyl halides is 3. The van der Waals surface area contributed by atoms with Crippen LogP contribution >= 0.6 is 0 Å². The molecule has 1 fully saturated rings. The maximum absolute atomic E-state index is 13.0. The number of aromatic nitrogens is 3. The number of nitrogens with two attached hydrogens (primary N) is 1. The molecule has 0 spiro atoms. The number of nitrogens with zero attached hydrogens (tertiary/aromatic N) is 3. The van der Waals surface area contributed by atoms with E-state index in [0.717, 1.165) is 19.8 Å². The Bertz CT molecular complexity index is 919. The monoisotopic (exact) mass is 427 g/mol. The van der Waals surface area contributed by atoms with E-state index in [1.165, 1.54) is 12.3 Å². The van der Waals surface area contributed by atoms with E-state index in [4.69, 9.17) is 15.0 Å². The van der Waals surface area contributed by atoms with Crippen molar-refractivity contribution >= 4 is 11.9 Å². The van der Waals surface area contributed by atoms with E-state index in [1.54, 1.807) is 0 Å². The van der Waals surface area contributed by atoms with E-state index < -0.39 is 29.6 Å². The summed E-state index contributed by atoms with van der Waals surface area (Å²) in [5.74, 6) is -0.316. The van der Waals surface area contributed by atoms with Gasteiger partial charge in [0, 0.05) is 17.8 Å². The molecule has 1 aliphatic rings. The second kappa shape index (κ2) is 7.77. The Morgan fingerprint density at radius 2 is 2.00 bits per heavy atom. The van der Waals surface area contributed by atoms with Gasteiger partial charge in [-0.15, -0.1) is 0 Å². The first-order valence-corrected chi connectivity index (χ1v) is 9.49. The lowest BCUT2D eigenvalue weighted by Crippen LogP contribution is -2.37. The number of carbonyl (C=O) groups is 1. The van der Waals surface area contributed by atoms with Crippen LogP contribution in [0.4, 0.5) is 19.2 Å². The average molecular weight is 427 g/mol. The number of anilines is 1. The van der Waals surface area contributed by atoms with Crippen LogP contribution in [0.5, 0.6) is 5.75 Å². The zero-order valence-electron chi connectivity index (χ0n) is 17.1. The smallest absolute Gasteiger partial charge is 0.425 e. The SMILES string of the molecule is C[C@H](Oc1cc(C(=O)NC(c2noc(N)n2)C(C)(C)C)ncc1C1CC1)C(F)(F)F. The first-order chi connectivity index (χ1) is 13.9. The largest absolute Gasteiger partial charge is 0.481 e. The first-order valence-electron chi connectivity index (χ1n) is 9.49. The van der Waals surface area contributed by atoms with Gasteiger partial charge in [0.2, 0.25) is 0 Å². The molecule has 0 saturated heterocycles. The van der Waals surface area contributed by atoms with Crippen molar-refractivity contribution in [1.82, 2.24) is 20.4 Å². The van der Waals surface area contributed by atoms with Crippen molar-refractivity contribution in [3.63, 3.8) is 0 Å². The fourth-order valence-electron chi connectivity index (χ4n) is 2.87. The number of ether oxygens (including phenoxy) is 1. The summed E-state index contributed by atoms with van der Waals surface area (Å²) in [5, 5.41) is 6.52. The predicted molar refractivity (Wildman–Crippen MR) is 101 cm³/mol. The Kier molecular flexibility index (Phi) is 5.66. The lowest BCUT2D eigenvalue weighted by atomic mass is 9.86. The maximum Gasteiger partial charge on any atom is 0.425 e. The maximum atomic E-state index is 13.0. The van der Waals surface area contributed by atoms with Crippen molar-refractivity contribution in [2.24, 2.45) is 5.41 Å². The van der Waals surface area contributed by atoms with Gasteiger partial charge in [-0.05, 0) is 31.1 Å². The van der Waals surface area contributed by atoms with E-state index in [0.29, 0.717) is 5.56 Å². The number of pyridine rings is 1. The van der Waals surface area contributed by atoms with Crippen molar-refractivity contribution in [1.29, 1.82) is 0 Å². The Balaban J connectivity index is 1.87. The van der Waals surface area contributed by atoms with E-state index in [-0.39, 0.29) is 29.2 Å². The highest BCUT2D eigenvalue weighted by molar-refractivity contribution is 5.93. The summed E-state index contributed by atoms with van der Waals surface area (Å²) < 4.78 is 48.9. The average Bonchev–Trinajstić information content (AvgIpc) is 3.38. The molecule has 11 heteroatoms. The fourth-order valence-corrected chi connectivity index (χ4v) is 2.87. The molecule has 8 nitrogen and oxygen atoms in total. The van der Waals surface area contributed by atoms with Crippen LogP contribution in [-0.2, 0) is 0 Å². The Morgan fingerprint density at radius 3 is 2.50 bits per heavy atom. The number of rotatable bonds is 6. The summed E-state index contributed by atoms with van der Waals surface area (Å²) in [5.41, 5.74) is 5.47. The van der Waals surface area contributed by atoms with Crippen LogP contribution < -0.4 is 15.8 Å². The Morgan fingerprint density at radius 1 is 1.33 bits per heavy atom. The summed E-state index contributed by atoms with van der Waals surface area (Å²) in [4.78, 5) is 21.0. The molecular formula is C19H24F3N5O3. The highest BCUT2D eigenvalue weighted by Gasteiger charge is 2.39. The van der Waals surface area contributed by atoms with Gasteiger partial charge in [0.15, 0.2) is 11.9 Å². The van der Waals surface area contributed by atoms with Crippen molar-refractivity contribution in [3.05, 3.63) is 29.3 Å².